The molecule has 3 nitrogen and oxygen atoms in total. The number of aliphatic hydroxyl groups is 1. The SMILES string of the molecule is OCCOCc1c(O)cccc1Br. The second kappa shape index (κ2) is 5.21. The van der Waals surface area contributed by atoms with Crippen molar-refractivity contribution in [2.24, 2.45) is 0 Å². The van der Waals surface area contributed by atoms with Crippen LogP contribution in [0.1, 0.15) is 5.56 Å². The van der Waals surface area contributed by atoms with E-state index in [0.717, 1.165) is 4.47 Å². The molecule has 13 heavy (non-hydrogen) atoms. The summed E-state index contributed by atoms with van der Waals surface area (Å²) < 4.78 is 5.90. The molecule has 0 aliphatic heterocycles. The van der Waals surface area contributed by atoms with Gasteiger partial charge in [-0.15, -0.1) is 0 Å². The van der Waals surface area contributed by atoms with Gasteiger partial charge >= 0.3 is 0 Å². The van der Waals surface area contributed by atoms with Gasteiger partial charge in [0.25, 0.3) is 0 Å². The molecular weight excluding hydrogens is 236 g/mol. The first kappa shape index (κ1) is 10.5. The van der Waals surface area contributed by atoms with E-state index in [2.05, 4.69) is 15.9 Å². The molecule has 0 aliphatic rings. The Morgan fingerprint density at radius 2 is 2.15 bits per heavy atom. The van der Waals surface area contributed by atoms with Gasteiger partial charge in [0.15, 0.2) is 0 Å². The zero-order valence-electron chi connectivity index (χ0n) is 7.03. The van der Waals surface area contributed by atoms with Gasteiger partial charge in [-0.25, -0.2) is 0 Å². The van der Waals surface area contributed by atoms with E-state index < -0.39 is 0 Å². The van der Waals surface area contributed by atoms with Gasteiger partial charge in [0.2, 0.25) is 0 Å². The highest BCUT2D eigenvalue weighted by atomic mass is 79.9. The molecule has 2 N–H and O–H groups in total. The zero-order chi connectivity index (χ0) is 9.68. The predicted molar refractivity (Wildman–Crippen MR) is 52.5 cm³/mol. The second-order valence-corrected chi connectivity index (χ2v) is 3.37. The number of benzene rings is 1. The highest BCUT2D eigenvalue weighted by Crippen LogP contribution is 2.25. The number of aliphatic hydroxyl groups excluding tert-OH is 1. The first-order chi connectivity index (χ1) is 6.25. The molecule has 0 aliphatic carbocycles. The molecule has 0 heterocycles. The summed E-state index contributed by atoms with van der Waals surface area (Å²) in [5.41, 5.74) is 0.705. The van der Waals surface area contributed by atoms with Crippen LogP contribution in [-0.4, -0.2) is 23.4 Å². The van der Waals surface area contributed by atoms with E-state index in [1.54, 1.807) is 12.1 Å². The summed E-state index contributed by atoms with van der Waals surface area (Å²) in [4.78, 5) is 0. The van der Waals surface area contributed by atoms with E-state index in [-0.39, 0.29) is 19.0 Å². The number of hydrogen-bond acceptors (Lipinski definition) is 3. The van der Waals surface area contributed by atoms with Crippen LogP contribution in [0, 0.1) is 0 Å². The van der Waals surface area contributed by atoms with Crippen LogP contribution in [0.3, 0.4) is 0 Å². The summed E-state index contributed by atoms with van der Waals surface area (Å²) in [6, 6.07) is 5.18. The molecule has 0 fully saturated rings. The summed E-state index contributed by atoms with van der Waals surface area (Å²) in [6.45, 7) is 0.569. The fourth-order valence-corrected chi connectivity index (χ4v) is 1.40. The number of ether oxygens (including phenoxy) is 1. The maximum atomic E-state index is 9.42. The average molecular weight is 247 g/mol. The molecule has 1 rings (SSSR count). The smallest absolute Gasteiger partial charge is 0.122 e. The van der Waals surface area contributed by atoms with Crippen LogP contribution in [0.4, 0.5) is 0 Å². The van der Waals surface area contributed by atoms with Gasteiger partial charge in [-0.1, -0.05) is 22.0 Å². The van der Waals surface area contributed by atoms with E-state index in [0.29, 0.717) is 12.2 Å². The number of phenols is 1. The van der Waals surface area contributed by atoms with Crippen LogP contribution >= 0.6 is 15.9 Å². The Bertz CT molecular complexity index is 255. The lowest BCUT2D eigenvalue weighted by atomic mass is 10.2. The molecule has 0 spiro atoms. The summed E-state index contributed by atoms with van der Waals surface area (Å²) in [7, 11) is 0. The van der Waals surface area contributed by atoms with Crippen molar-refractivity contribution in [3.05, 3.63) is 28.2 Å². The maximum absolute atomic E-state index is 9.42. The predicted octanol–water partition coefficient (Wildman–Crippen LogP) is 1.66. The maximum Gasteiger partial charge on any atom is 0.122 e. The third kappa shape index (κ3) is 2.99. The zero-order valence-corrected chi connectivity index (χ0v) is 8.62. The van der Waals surface area contributed by atoms with E-state index in [9.17, 15) is 5.11 Å². The minimum atomic E-state index is -0.00872. The van der Waals surface area contributed by atoms with Crippen LogP contribution in [0.5, 0.6) is 5.75 Å². The molecule has 1 aromatic rings. The fraction of sp³-hybridized carbons (Fsp3) is 0.333. The monoisotopic (exact) mass is 246 g/mol. The van der Waals surface area contributed by atoms with E-state index >= 15 is 0 Å². The third-order valence-electron chi connectivity index (χ3n) is 1.58. The topological polar surface area (TPSA) is 49.7 Å². The van der Waals surface area contributed by atoms with Crippen LogP contribution in [0.25, 0.3) is 0 Å². The number of halogens is 1. The highest BCUT2D eigenvalue weighted by molar-refractivity contribution is 9.10. The number of hydrogen-bond donors (Lipinski definition) is 2. The molecule has 0 amide bonds. The quantitative estimate of drug-likeness (QED) is 0.795. The van der Waals surface area contributed by atoms with Gasteiger partial charge in [0, 0.05) is 10.0 Å². The largest absolute Gasteiger partial charge is 0.508 e. The Kier molecular flexibility index (Phi) is 4.21. The molecule has 0 atom stereocenters. The molecule has 72 valence electrons. The van der Waals surface area contributed by atoms with Gasteiger partial charge in [0.05, 0.1) is 19.8 Å². The minimum absolute atomic E-state index is 0.00872. The normalized spacial score (nSPS) is 10.3. The van der Waals surface area contributed by atoms with Gasteiger partial charge in [-0.05, 0) is 12.1 Å². The van der Waals surface area contributed by atoms with Crippen molar-refractivity contribution in [1.29, 1.82) is 0 Å². The molecule has 1 aromatic carbocycles. The third-order valence-corrected chi connectivity index (χ3v) is 2.32. The van der Waals surface area contributed by atoms with Crippen molar-refractivity contribution < 1.29 is 14.9 Å². The van der Waals surface area contributed by atoms with Crippen molar-refractivity contribution >= 4 is 15.9 Å². The first-order valence-corrected chi connectivity index (χ1v) is 4.70. The lowest BCUT2D eigenvalue weighted by Crippen LogP contribution is -1.99. The number of rotatable bonds is 4. The lowest BCUT2D eigenvalue weighted by molar-refractivity contribution is 0.0801. The van der Waals surface area contributed by atoms with Crippen LogP contribution in [-0.2, 0) is 11.3 Å². The van der Waals surface area contributed by atoms with Gasteiger partial charge < -0.3 is 14.9 Å². The minimum Gasteiger partial charge on any atom is -0.508 e. The lowest BCUT2D eigenvalue weighted by Gasteiger charge is -2.06. The van der Waals surface area contributed by atoms with Crippen molar-refractivity contribution in [3.8, 4) is 5.75 Å². The molecular formula is C9H11BrO3. The molecule has 0 saturated carbocycles. The van der Waals surface area contributed by atoms with Crippen molar-refractivity contribution in [1.82, 2.24) is 0 Å². The molecule has 0 aromatic heterocycles. The van der Waals surface area contributed by atoms with E-state index in [1.165, 1.54) is 0 Å². The van der Waals surface area contributed by atoms with Crippen LogP contribution < -0.4 is 0 Å². The van der Waals surface area contributed by atoms with E-state index in [1.807, 2.05) is 6.07 Å². The molecule has 4 heteroatoms. The summed E-state index contributed by atoms with van der Waals surface area (Å²) in [5, 5.41) is 17.9. The Labute approximate surface area is 85.1 Å². The van der Waals surface area contributed by atoms with Crippen molar-refractivity contribution in [2.75, 3.05) is 13.2 Å². The number of phenolic OH excluding ortho intramolecular Hbond substituents is 1. The Balaban J connectivity index is 2.64. The molecule has 0 unspecified atom stereocenters. The van der Waals surface area contributed by atoms with E-state index in [4.69, 9.17) is 9.84 Å². The number of aromatic hydroxyl groups is 1. The molecule has 0 saturated heterocycles. The summed E-state index contributed by atoms with van der Waals surface area (Å²) >= 11 is 3.30. The standard InChI is InChI=1S/C9H11BrO3/c10-8-2-1-3-9(12)7(8)6-13-5-4-11/h1-3,11-12H,4-6H2. The highest BCUT2D eigenvalue weighted by Gasteiger charge is 2.04. The second-order valence-electron chi connectivity index (χ2n) is 2.51. The molecule has 0 radical (unpaired) electrons. The Morgan fingerprint density at radius 3 is 2.77 bits per heavy atom. The fourth-order valence-electron chi connectivity index (χ4n) is 0.929. The average Bonchev–Trinajstić information content (AvgIpc) is 2.10. The first-order valence-electron chi connectivity index (χ1n) is 3.90. The van der Waals surface area contributed by atoms with Crippen LogP contribution in [0.15, 0.2) is 22.7 Å². The summed E-state index contributed by atoms with van der Waals surface area (Å²) in [5.74, 6) is 0.201. The van der Waals surface area contributed by atoms with Crippen molar-refractivity contribution in [3.63, 3.8) is 0 Å². The van der Waals surface area contributed by atoms with Gasteiger partial charge in [-0.2, -0.15) is 0 Å². The van der Waals surface area contributed by atoms with Crippen molar-refractivity contribution in [2.45, 2.75) is 6.61 Å². The van der Waals surface area contributed by atoms with Gasteiger partial charge in [-0.3, -0.25) is 0 Å². The van der Waals surface area contributed by atoms with Gasteiger partial charge in [0.1, 0.15) is 5.75 Å². The van der Waals surface area contributed by atoms with Crippen LogP contribution in [0.2, 0.25) is 0 Å². The Hall–Kier alpha value is -0.580. The summed E-state index contributed by atoms with van der Waals surface area (Å²) in [6.07, 6.45) is 0. The Morgan fingerprint density at radius 1 is 1.38 bits per heavy atom. The molecule has 0 bridgehead atoms.